The summed E-state index contributed by atoms with van der Waals surface area (Å²) in [5.74, 6) is 0.638. The molecule has 0 bridgehead atoms. The molecule has 0 aromatic heterocycles. The molecular formula is C11H21NO2. The van der Waals surface area contributed by atoms with Gasteiger partial charge in [-0.05, 0) is 38.1 Å². The highest BCUT2D eigenvalue weighted by Crippen LogP contribution is 2.24. The molecule has 14 heavy (non-hydrogen) atoms. The fourth-order valence-corrected chi connectivity index (χ4v) is 2.09. The Labute approximate surface area is 86.1 Å². The summed E-state index contributed by atoms with van der Waals surface area (Å²) < 4.78 is 0. The minimum Gasteiger partial charge on any atom is -0.480 e. The molecule has 0 amide bonds. The Balaban J connectivity index is 2.51. The molecule has 0 spiro atoms. The number of carboxylic acid groups (broad SMARTS) is 1. The van der Waals surface area contributed by atoms with Gasteiger partial charge in [-0.15, -0.1) is 0 Å². The molecule has 1 aliphatic rings. The minimum absolute atomic E-state index is 0.323. The maximum atomic E-state index is 10.8. The average molecular weight is 199 g/mol. The summed E-state index contributed by atoms with van der Waals surface area (Å²) in [6.45, 7) is 8.12. The number of nitrogens with zero attached hydrogens (tertiary/aromatic N) is 1. The zero-order valence-electron chi connectivity index (χ0n) is 9.36. The van der Waals surface area contributed by atoms with E-state index in [9.17, 15) is 4.79 Å². The Morgan fingerprint density at radius 1 is 1.43 bits per heavy atom. The Morgan fingerprint density at radius 3 is 2.57 bits per heavy atom. The molecule has 1 saturated heterocycles. The molecule has 2 atom stereocenters. The smallest absolute Gasteiger partial charge is 0.320 e. The van der Waals surface area contributed by atoms with Crippen LogP contribution in [0.15, 0.2) is 0 Å². The normalized spacial score (nSPS) is 26.4. The number of hydrogen-bond donors (Lipinski definition) is 1. The number of hydrogen-bond acceptors (Lipinski definition) is 2. The van der Waals surface area contributed by atoms with Gasteiger partial charge in [0.1, 0.15) is 6.04 Å². The van der Waals surface area contributed by atoms with Crippen molar-refractivity contribution in [3.63, 3.8) is 0 Å². The lowest BCUT2D eigenvalue weighted by Crippen LogP contribution is -2.46. The van der Waals surface area contributed by atoms with Crippen molar-refractivity contribution in [2.24, 2.45) is 11.8 Å². The summed E-state index contributed by atoms with van der Waals surface area (Å²) in [6.07, 6.45) is 2.39. The van der Waals surface area contributed by atoms with Gasteiger partial charge in [0.25, 0.3) is 0 Å². The Morgan fingerprint density at radius 2 is 2.07 bits per heavy atom. The second-order valence-electron chi connectivity index (χ2n) is 4.66. The van der Waals surface area contributed by atoms with Crippen LogP contribution in [0.4, 0.5) is 0 Å². The van der Waals surface area contributed by atoms with Gasteiger partial charge in [0.2, 0.25) is 0 Å². The number of carboxylic acids is 1. The van der Waals surface area contributed by atoms with Crippen LogP contribution in [0.5, 0.6) is 0 Å². The van der Waals surface area contributed by atoms with Crippen molar-refractivity contribution in [2.75, 3.05) is 13.1 Å². The molecule has 1 heterocycles. The molecule has 82 valence electrons. The molecule has 0 saturated carbocycles. The first-order chi connectivity index (χ1) is 6.52. The van der Waals surface area contributed by atoms with Crippen LogP contribution in [-0.4, -0.2) is 35.1 Å². The maximum absolute atomic E-state index is 10.8. The lowest BCUT2D eigenvalue weighted by molar-refractivity contribution is -0.143. The molecule has 1 N–H and O–H groups in total. The highest BCUT2D eigenvalue weighted by molar-refractivity contribution is 5.72. The van der Waals surface area contributed by atoms with Crippen molar-refractivity contribution < 1.29 is 9.90 Å². The Bertz CT molecular complexity index is 203. The number of likely N-dealkylation sites (tertiary alicyclic amines) is 1. The lowest BCUT2D eigenvalue weighted by Gasteiger charge is -2.36. The Kier molecular flexibility index (Phi) is 3.93. The summed E-state index contributed by atoms with van der Waals surface area (Å²) in [5.41, 5.74) is 0. The molecule has 1 rings (SSSR count). The van der Waals surface area contributed by atoms with Crippen LogP contribution in [0.3, 0.4) is 0 Å². The third-order valence-corrected chi connectivity index (χ3v) is 3.34. The number of piperidine rings is 1. The van der Waals surface area contributed by atoms with Gasteiger partial charge < -0.3 is 5.11 Å². The number of carbonyl (C=O) groups is 1. The van der Waals surface area contributed by atoms with Gasteiger partial charge in [0, 0.05) is 6.54 Å². The first kappa shape index (κ1) is 11.5. The van der Waals surface area contributed by atoms with E-state index in [1.807, 2.05) is 0 Å². The molecule has 3 nitrogen and oxygen atoms in total. The molecule has 0 aromatic carbocycles. The molecule has 0 radical (unpaired) electrons. The lowest BCUT2D eigenvalue weighted by atomic mass is 9.87. The SMILES string of the molecule is CC(C)C1CCCN(C(C)C(=O)O)C1. The highest BCUT2D eigenvalue weighted by Gasteiger charge is 2.28. The van der Waals surface area contributed by atoms with Crippen molar-refractivity contribution in [3.05, 3.63) is 0 Å². The van der Waals surface area contributed by atoms with E-state index in [-0.39, 0.29) is 6.04 Å². The summed E-state index contributed by atoms with van der Waals surface area (Å²) in [6, 6.07) is -0.323. The average Bonchev–Trinajstić information content (AvgIpc) is 2.16. The second kappa shape index (κ2) is 4.78. The van der Waals surface area contributed by atoms with Gasteiger partial charge in [-0.3, -0.25) is 9.69 Å². The molecule has 0 aliphatic carbocycles. The summed E-state index contributed by atoms with van der Waals surface area (Å²) in [4.78, 5) is 12.9. The standard InChI is InChI=1S/C11H21NO2/c1-8(2)10-5-4-6-12(7-10)9(3)11(13)14/h8-10H,4-7H2,1-3H3,(H,13,14). The van der Waals surface area contributed by atoms with Crippen LogP contribution >= 0.6 is 0 Å². The van der Waals surface area contributed by atoms with Crippen molar-refractivity contribution in [1.29, 1.82) is 0 Å². The molecule has 1 fully saturated rings. The zero-order valence-corrected chi connectivity index (χ0v) is 9.36. The van der Waals surface area contributed by atoms with Crippen LogP contribution in [-0.2, 0) is 4.79 Å². The van der Waals surface area contributed by atoms with Crippen LogP contribution in [0.25, 0.3) is 0 Å². The van der Waals surface area contributed by atoms with Gasteiger partial charge in [-0.2, -0.15) is 0 Å². The second-order valence-corrected chi connectivity index (χ2v) is 4.66. The van der Waals surface area contributed by atoms with Crippen molar-refractivity contribution in [1.82, 2.24) is 4.90 Å². The summed E-state index contributed by atoms with van der Waals surface area (Å²) >= 11 is 0. The molecule has 1 aliphatic heterocycles. The predicted molar refractivity (Wildman–Crippen MR) is 56.2 cm³/mol. The summed E-state index contributed by atoms with van der Waals surface area (Å²) in [5, 5.41) is 8.92. The van der Waals surface area contributed by atoms with Crippen LogP contribution in [0, 0.1) is 11.8 Å². The van der Waals surface area contributed by atoms with Gasteiger partial charge >= 0.3 is 5.97 Å². The van der Waals surface area contributed by atoms with Crippen LogP contribution in [0.2, 0.25) is 0 Å². The van der Waals surface area contributed by atoms with Crippen molar-refractivity contribution in [2.45, 2.75) is 39.7 Å². The quantitative estimate of drug-likeness (QED) is 0.754. The van der Waals surface area contributed by atoms with E-state index in [0.717, 1.165) is 19.5 Å². The molecule has 3 heteroatoms. The topological polar surface area (TPSA) is 40.5 Å². The minimum atomic E-state index is -0.700. The first-order valence-electron chi connectivity index (χ1n) is 5.49. The molecular weight excluding hydrogens is 178 g/mol. The van der Waals surface area contributed by atoms with E-state index in [1.165, 1.54) is 6.42 Å². The maximum Gasteiger partial charge on any atom is 0.320 e. The third-order valence-electron chi connectivity index (χ3n) is 3.34. The Hall–Kier alpha value is -0.570. The largest absolute Gasteiger partial charge is 0.480 e. The number of rotatable bonds is 3. The van der Waals surface area contributed by atoms with Crippen LogP contribution in [0.1, 0.15) is 33.6 Å². The monoisotopic (exact) mass is 199 g/mol. The van der Waals surface area contributed by atoms with E-state index >= 15 is 0 Å². The van der Waals surface area contributed by atoms with E-state index < -0.39 is 5.97 Å². The zero-order chi connectivity index (χ0) is 10.7. The highest BCUT2D eigenvalue weighted by atomic mass is 16.4. The fourth-order valence-electron chi connectivity index (χ4n) is 2.09. The van der Waals surface area contributed by atoms with Gasteiger partial charge in [0.15, 0.2) is 0 Å². The van der Waals surface area contributed by atoms with Crippen molar-refractivity contribution >= 4 is 5.97 Å². The summed E-state index contributed by atoms with van der Waals surface area (Å²) in [7, 11) is 0. The van der Waals surface area contributed by atoms with E-state index in [0.29, 0.717) is 11.8 Å². The number of aliphatic carboxylic acids is 1. The predicted octanol–water partition coefficient (Wildman–Crippen LogP) is 1.83. The van der Waals surface area contributed by atoms with Crippen molar-refractivity contribution in [3.8, 4) is 0 Å². The van der Waals surface area contributed by atoms with E-state index in [1.54, 1.807) is 6.92 Å². The fraction of sp³-hybridized carbons (Fsp3) is 0.909. The third kappa shape index (κ3) is 2.71. The van der Waals surface area contributed by atoms with Gasteiger partial charge in [-0.25, -0.2) is 0 Å². The van der Waals surface area contributed by atoms with Crippen LogP contribution < -0.4 is 0 Å². The van der Waals surface area contributed by atoms with Gasteiger partial charge in [-0.1, -0.05) is 13.8 Å². The molecule has 0 aromatic rings. The van der Waals surface area contributed by atoms with E-state index in [2.05, 4.69) is 18.7 Å². The van der Waals surface area contributed by atoms with Gasteiger partial charge in [0.05, 0.1) is 0 Å². The van der Waals surface area contributed by atoms with E-state index in [4.69, 9.17) is 5.11 Å². The first-order valence-corrected chi connectivity index (χ1v) is 5.49. The molecule has 2 unspecified atom stereocenters.